The van der Waals surface area contributed by atoms with Crippen molar-refractivity contribution in [2.24, 2.45) is 0 Å². The minimum absolute atomic E-state index is 0.260. The molecule has 0 heterocycles. The van der Waals surface area contributed by atoms with Gasteiger partial charge in [0, 0.05) is 6.54 Å². The molecule has 2 atom stereocenters. The second-order valence-electron chi connectivity index (χ2n) is 3.18. The molecule has 0 aromatic rings. The fourth-order valence-corrected chi connectivity index (χ4v) is 1.76. The van der Waals surface area contributed by atoms with Crippen molar-refractivity contribution in [1.29, 1.82) is 0 Å². The van der Waals surface area contributed by atoms with E-state index >= 15 is 0 Å². The molecule has 0 spiro atoms. The molecule has 1 aliphatic carbocycles. The molecule has 0 aromatic heterocycles. The lowest BCUT2D eigenvalue weighted by molar-refractivity contribution is -0.0946. The number of hydrogen-bond acceptors (Lipinski definition) is 3. The number of nitrogens with one attached hydrogen (secondary N) is 1. The van der Waals surface area contributed by atoms with Gasteiger partial charge in [-0.05, 0) is 24.6 Å². The third-order valence-corrected chi connectivity index (χ3v) is 2.46. The molecule has 1 saturated carbocycles. The topological polar surface area (TPSA) is 52.5 Å². The van der Waals surface area contributed by atoms with Crippen molar-refractivity contribution in [3.63, 3.8) is 0 Å². The number of halogens is 1. The van der Waals surface area contributed by atoms with Gasteiger partial charge in [-0.25, -0.2) is 4.84 Å². The SMILES string of the molecule is O[C@@H]1CCCC[C@@]1(O)CNCl. The van der Waals surface area contributed by atoms with Gasteiger partial charge in [0.1, 0.15) is 5.60 Å². The van der Waals surface area contributed by atoms with Crippen LogP contribution in [0.2, 0.25) is 0 Å². The Morgan fingerprint density at radius 2 is 2.27 bits per heavy atom. The Hall–Kier alpha value is 0.170. The third kappa shape index (κ3) is 2.06. The summed E-state index contributed by atoms with van der Waals surface area (Å²) in [5.41, 5.74) is -1.00. The first-order valence-electron chi connectivity index (χ1n) is 3.93. The van der Waals surface area contributed by atoms with Gasteiger partial charge in [0.15, 0.2) is 0 Å². The maximum atomic E-state index is 9.74. The molecule has 11 heavy (non-hydrogen) atoms. The molecule has 0 bridgehead atoms. The number of hydrogen-bond donors (Lipinski definition) is 3. The van der Waals surface area contributed by atoms with Crippen molar-refractivity contribution in [2.45, 2.75) is 37.4 Å². The summed E-state index contributed by atoms with van der Waals surface area (Å²) in [4.78, 5) is 2.37. The van der Waals surface area contributed by atoms with Crippen LogP contribution >= 0.6 is 11.8 Å². The highest BCUT2D eigenvalue weighted by molar-refractivity contribution is 6.13. The van der Waals surface area contributed by atoms with E-state index in [-0.39, 0.29) is 6.54 Å². The Morgan fingerprint density at radius 3 is 2.82 bits per heavy atom. The summed E-state index contributed by atoms with van der Waals surface area (Å²) in [6.07, 6.45) is 2.64. The molecule has 3 nitrogen and oxygen atoms in total. The van der Waals surface area contributed by atoms with Crippen LogP contribution in [0.25, 0.3) is 0 Å². The Balaban J connectivity index is 2.49. The van der Waals surface area contributed by atoms with E-state index in [0.29, 0.717) is 12.8 Å². The largest absolute Gasteiger partial charge is 0.390 e. The highest BCUT2D eigenvalue weighted by Crippen LogP contribution is 2.27. The molecule has 1 aliphatic rings. The molecule has 4 heteroatoms. The summed E-state index contributed by atoms with van der Waals surface area (Å²) in [6, 6.07) is 0. The van der Waals surface area contributed by atoms with Gasteiger partial charge in [-0.3, -0.25) is 0 Å². The van der Waals surface area contributed by atoms with E-state index in [9.17, 15) is 10.2 Å². The van der Waals surface area contributed by atoms with E-state index < -0.39 is 11.7 Å². The first kappa shape index (κ1) is 9.26. The van der Waals surface area contributed by atoms with Crippen LogP contribution in [-0.4, -0.2) is 28.5 Å². The average molecular weight is 180 g/mol. The standard InChI is InChI=1S/C7H14ClNO2/c8-9-5-7(11)4-2-1-3-6(7)10/h6,9-11H,1-5H2/t6-,7-/m1/s1. The van der Waals surface area contributed by atoms with E-state index in [1.165, 1.54) is 0 Å². The molecule has 1 rings (SSSR count). The van der Waals surface area contributed by atoms with Crippen molar-refractivity contribution in [3.8, 4) is 0 Å². The molecular formula is C7H14ClNO2. The summed E-state index contributed by atoms with van der Waals surface area (Å²) in [5.74, 6) is 0. The highest BCUT2D eigenvalue weighted by atomic mass is 35.5. The number of aliphatic hydroxyl groups is 2. The Bertz CT molecular complexity index is 130. The Morgan fingerprint density at radius 1 is 1.55 bits per heavy atom. The smallest absolute Gasteiger partial charge is 0.104 e. The second-order valence-corrected chi connectivity index (χ2v) is 3.44. The monoisotopic (exact) mass is 179 g/mol. The first-order chi connectivity index (χ1) is 5.19. The van der Waals surface area contributed by atoms with Gasteiger partial charge in [-0.2, -0.15) is 0 Å². The van der Waals surface area contributed by atoms with Gasteiger partial charge >= 0.3 is 0 Å². The quantitative estimate of drug-likeness (QED) is 0.538. The van der Waals surface area contributed by atoms with Crippen LogP contribution in [0.15, 0.2) is 0 Å². The number of rotatable bonds is 2. The fourth-order valence-electron chi connectivity index (χ4n) is 1.53. The van der Waals surface area contributed by atoms with Gasteiger partial charge < -0.3 is 10.2 Å². The zero-order valence-corrected chi connectivity index (χ0v) is 7.14. The van der Waals surface area contributed by atoms with Crippen LogP contribution in [0.1, 0.15) is 25.7 Å². The minimum atomic E-state index is -1.00. The minimum Gasteiger partial charge on any atom is -0.390 e. The predicted molar refractivity (Wildman–Crippen MR) is 43.3 cm³/mol. The van der Waals surface area contributed by atoms with Crippen molar-refractivity contribution >= 4 is 11.8 Å². The van der Waals surface area contributed by atoms with Gasteiger partial charge in [-0.1, -0.05) is 12.8 Å². The van der Waals surface area contributed by atoms with Crippen molar-refractivity contribution in [3.05, 3.63) is 0 Å². The van der Waals surface area contributed by atoms with Gasteiger partial charge in [0.25, 0.3) is 0 Å². The molecule has 0 unspecified atom stereocenters. The molecule has 0 amide bonds. The van der Waals surface area contributed by atoms with Gasteiger partial charge in [0.05, 0.1) is 6.10 Å². The van der Waals surface area contributed by atoms with Crippen LogP contribution in [0.5, 0.6) is 0 Å². The summed E-state index contributed by atoms with van der Waals surface area (Å²) in [5, 5.41) is 19.2. The maximum absolute atomic E-state index is 9.74. The summed E-state index contributed by atoms with van der Waals surface area (Å²) in [6.45, 7) is 0.260. The highest BCUT2D eigenvalue weighted by Gasteiger charge is 2.37. The molecule has 0 aliphatic heterocycles. The fraction of sp³-hybridized carbons (Fsp3) is 1.00. The lowest BCUT2D eigenvalue weighted by atomic mass is 9.82. The van der Waals surface area contributed by atoms with Gasteiger partial charge in [0.2, 0.25) is 0 Å². The van der Waals surface area contributed by atoms with E-state index in [4.69, 9.17) is 11.8 Å². The van der Waals surface area contributed by atoms with E-state index in [1.54, 1.807) is 0 Å². The normalized spacial score (nSPS) is 39.0. The van der Waals surface area contributed by atoms with Gasteiger partial charge in [-0.15, -0.1) is 0 Å². The van der Waals surface area contributed by atoms with Crippen LogP contribution < -0.4 is 4.84 Å². The average Bonchev–Trinajstić information content (AvgIpc) is 1.96. The third-order valence-electron chi connectivity index (χ3n) is 2.33. The van der Waals surface area contributed by atoms with Crippen LogP contribution in [0.3, 0.4) is 0 Å². The van der Waals surface area contributed by atoms with E-state index in [1.807, 2.05) is 0 Å². The van der Waals surface area contributed by atoms with E-state index in [0.717, 1.165) is 12.8 Å². The summed E-state index contributed by atoms with van der Waals surface area (Å²) < 4.78 is 0. The summed E-state index contributed by atoms with van der Waals surface area (Å²) in [7, 11) is 0. The second kappa shape index (κ2) is 3.72. The molecular weight excluding hydrogens is 166 g/mol. The van der Waals surface area contributed by atoms with Crippen molar-refractivity contribution in [1.82, 2.24) is 4.84 Å². The predicted octanol–water partition coefficient (Wildman–Crippen LogP) is 0.396. The van der Waals surface area contributed by atoms with E-state index in [2.05, 4.69) is 4.84 Å². The molecule has 0 aromatic carbocycles. The Labute approximate surface area is 71.5 Å². The lowest BCUT2D eigenvalue weighted by Crippen LogP contribution is -2.50. The van der Waals surface area contributed by atoms with Crippen LogP contribution in [0, 0.1) is 0 Å². The molecule has 1 fully saturated rings. The molecule has 0 radical (unpaired) electrons. The molecule has 66 valence electrons. The van der Waals surface area contributed by atoms with Crippen molar-refractivity contribution in [2.75, 3.05) is 6.54 Å². The first-order valence-corrected chi connectivity index (χ1v) is 4.31. The van der Waals surface area contributed by atoms with Crippen LogP contribution in [-0.2, 0) is 0 Å². The van der Waals surface area contributed by atoms with Crippen LogP contribution in [0.4, 0.5) is 0 Å². The number of aliphatic hydroxyl groups excluding tert-OH is 1. The maximum Gasteiger partial charge on any atom is 0.104 e. The zero-order valence-electron chi connectivity index (χ0n) is 6.39. The van der Waals surface area contributed by atoms with Crippen molar-refractivity contribution < 1.29 is 10.2 Å². The summed E-state index contributed by atoms with van der Waals surface area (Å²) >= 11 is 5.27. The molecule has 0 saturated heterocycles. The molecule has 3 N–H and O–H groups in total. The Kier molecular flexibility index (Phi) is 3.13. The lowest BCUT2D eigenvalue weighted by Gasteiger charge is -2.36. The zero-order chi connectivity index (χ0) is 8.32.